The molecule has 0 aliphatic rings. The molecular weight excluding hydrogens is 1870 g/mol. The SMILES string of the molecule is CC(=S)Oc1cccc(C)c1COc1cc(C)c(C)cc1C.CC(=S)Oc1cccc(CS)c1COc1cc(C)c(C)cc1C.CCC(=O)Sc1cccc(Cl)c1COc1cc(C)c(C)cc1C.CCC(=O)Sc1cccc(F)c1COc1cc(C)c(C)cc1C.CCC(=O)Sc1ccccc1COc1cc(C)c(C)cc1C.CCOc1cccc(OC(C)=S)c1COc1cc(C)c(C)cc1C. The standard InChI is InChI=1S/C20H24O3S.C19H21ClO2S.C19H21FO2S.C19H22O2S2.2C19H22O2S/c1-6-21-18-8-7-9-19(23-16(5)24)17(18)12-22-20-11-14(3)13(2)10-15(20)4;2*1-5-19(21)23-18-8-6-7-16(20)15(18)11-22-17-10-13(3)12(2)9-14(17)4;1-12-8-14(3)19(9-13(12)2)20-10-17-16(11-22)6-5-7-18(17)21-15(4)23;1-12-7-6-8-18(21-16(5)22)17(12)11-20-19-10-14(3)13(2)9-15(19)4;1-5-19(20)22-18-9-7-6-8-16(18)12-21-17-11-14(3)13(2)10-15(17)4/h7-11H,6,12H2,1-5H3;2*6-10H,5,11H2,1-4H3;5-9,22H,10-11H2,1-4H3;6-10H,11H2,1-5H3;6-11H,5,12H2,1-4H3. The van der Waals surface area contributed by atoms with Gasteiger partial charge in [-0.05, 0) is 377 Å². The molecule has 726 valence electrons. The maximum atomic E-state index is 14.1. The summed E-state index contributed by atoms with van der Waals surface area (Å²) in [5.74, 6) is 8.41. The van der Waals surface area contributed by atoms with Crippen LogP contribution in [0.5, 0.6) is 57.5 Å². The van der Waals surface area contributed by atoms with Crippen LogP contribution in [0.1, 0.15) is 212 Å². The fourth-order valence-electron chi connectivity index (χ4n) is 13.8. The zero-order chi connectivity index (χ0) is 101. The summed E-state index contributed by atoms with van der Waals surface area (Å²) in [7, 11) is 0. The first kappa shape index (κ1) is 114. The molecule has 0 spiro atoms. The van der Waals surface area contributed by atoms with Gasteiger partial charge in [0.1, 0.15) is 103 Å². The lowest BCUT2D eigenvalue weighted by Gasteiger charge is -2.17. The van der Waals surface area contributed by atoms with Crippen LogP contribution in [0.3, 0.4) is 0 Å². The molecule has 0 fully saturated rings. The van der Waals surface area contributed by atoms with E-state index in [1.54, 1.807) is 39.8 Å². The van der Waals surface area contributed by atoms with Gasteiger partial charge < -0.3 is 47.4 Å². The number of benzene rings is 12. The Morgan fingerprint density at radius 2 is 0.562 bits per heavy atom. The van der Waals surface area contributed by atoms with Gasteiger partial charge in [0.25, 0.3) is 0 Å². The topological polar surface area (TPSA) is 144 Å². The molecular formula is C115H132ClFO13S7. The second-order valence-corrected chi connectivity index (χ2v) is 39.3. The van der Waals surface area contributed by atoms with Crippen LogP contribution in [0.25, 0.3) is 0 Å². The molecule has 0 saturated carbocycles. The second-order valence-electron chi connectivity index (χ2n) is 33.5. The van der Waals surface area contributed by atoms with E-state index in [4.69, 9.17) is 95.6 Å². The molecule has 22 heteroatoms. The summed E-state index contributed by atoms with van der Waals surface area (Å²) in [6, 6.07) is 60.9. The fourth-order valence-corrected chi connectivity index (χ4v) is 17.1. The van der Waals surface area contributed by atoms with Gasteiger partial charge in [0.2, 0.25) is 0 Å². The molecule has 0 aliphatic carbocycles. The van der Waals surface area contributed by atoms with Crippen LogP contribution in [0.4, 0.5) is 4.39 Å². The molecule has 0 bridgehead atoms. The summed E-state index contributed by atoms with van der Waals surface area (Å²) in [6.07, 6.45) is 1.45. The number of carbonyl (C=O) groups excluding carboxylic acids is 3. The Bertz CT molecular complexity index is 6100. The number of thiol groups is 1. The number of rotatable bonds is 30. The molecule has 0 heterocycles. The van der Waals surface area contributed by atoms with Gasteiger partial charge >= 0.3 is 0 Å². The van der Waals surface area contributed by atoms with E-state index in [0.717, 1.165) is 151 Å². The van der Waals surface area contributed by atoms with Crippen molar-refractivity contribution >= 4 is 127 Å². The van der Waals surface area contributed by atoms with E-state index in [1.807, 2.05) is 152 Å². The van der Waals surface area contributed by atoms with Crippen molar-refractivity contribution in [2.75, 3.05) is 6.61 Å². The molecule has 0 aliphatic heterocycles. The molecule has 137 heavy (non-hydrogen) atoms. The van der Waals surface area contributed by atoms with Crippen LogP contribution in [0.2, 0.25) is 5.02 Å². The highest BCUT2D eigenvalue weighted by molar-refractivity contribution is 8.14. The molecule has 0 atom stereocenters. The van der Waals surface area contributed by atoms with E-state index in [2.05, 4.69) is 183 Å². The van der Waals surface area contributed by atoms with Crippen LogP contribution in [0.15, 0.2) is 203 Å². The Kier molecular flexibility index (Phi) is 46.9. The van der Waals surface area contributed by atoms with E-state index >= 15 is 0 Å². The number of hydrogen-bond acceptors (Lipinski definition) is 20. The van der Waals surface area contributed by atoms with Crippen molar-refractivity contribution in [1.29, 1.82) is 0 Å². The lowest BCUT2D eigenvalue weighted by molar-refractivity contribution is -0.111. The van der Waals surface area contributed by atoms with E-state index in [-0.39, 0.29) is 27.8 Å². The van der Waals surface area contributed by atoms with Crippen LogP contribution < -0.4 is 47.4 Å². The summed E-state index contributed by atoms with van der Waals surface area (Å²) in [5.41, 5.74) is 28.8. The maximum Gasteiger partial charge on any atom is 0.193 e. The number of halogens is 2. The second kappa shape index (κ2) is 56.6. The third-order valence-electron chi connectivity index (χ3n) is 22.6. The van der Waals surface area contributed by atoms with Crippen LogP contribution in [-0.2, 0) is 59.8 Å². The summed E-state index contributed by atoms with van der Waals surface area (Å²) in [5, 5.41) is 2.40. The van der Waals surface area contributed by atoms with E-state index < -0.39 is 0 Å². The highest BCUT2D eigenvalue weighted by atomic mass is 35.5. The Hall–Kier alpha value is -10.5. The average Bonchev–Trinajstić information content (AvgIpc) is 0.852. The van der Waals surface area contributed by atoms with Crippen molar-refractivity contribution in [3.05, 3.63) is 344 Å². The molecule has 0 aromatic heterocycles. The highest BCUT2D eigenvalue weighted by Gasteiger charge is 2.21. The van der Waals surface area contributed by atoms with Crippen LogP contribution in [0, 0.1) is 137 Å². The third kappa shape index (κ3) is 35.7. The molecule has 13 nitrogen and oxygen atoms in total. The summed E-state index contributed by atoms with van der Waals surface area (Å²) in [4.78, 5) is 37.5. The van der Waals surface area contributed by atoms with E-state index in [0.29, 0.717) is 101 Å². The number of hydrogen-bond donors (Lipinski definition) is 1. The van der Waals surface area contributed by atoms with Crippen molar-refractivity contribution < 1.29 is 66.1 Å². The number of aryl methyl sites for hydroxylation is 19. The Labute approximate surface area is 852 Å². The Morgan fingerprint density at radius 1 is 0.285 bits per heavy atom. The van der Waals surface area contributed by atoms with Gasteiger partial charge in [-0.1, -0.05) is 165 Å². The molecule has 0 unspecified atom stereocenters. The van der Waals surface area contributed by atoms with Crippen LogP contribution in [-0.4, -0.2) is 37.1 Å². The fraction of sp³-hybridized carbons (Fsp3) is 0.322. The number of carbonyl (C=O) groups is 3. The molecule has 12 rings (SSSR count). The normalized spacial score (nSPS) is 10.5. The van der Waals surface area contributed by atoms with E-state index in [1.165, 1.54) is 90.8 Å². The monoisotopic (exact) mass is 2000 g/mol. The predicted molar refractivity (Wildman–Crippen MR) is 582 cm³/mol. The van der Waals surface area contributed by atoms with Gasteiger partial charge in [0.05, 0.1) is 12.2 Å². The predicted octanol–water partition coefficient (Wildman–Crippen LogP) is 32.3. The van der Waals surface area contributed by atoms with Crippen molar-refractivity contribution in [2.24, 2.45) is 0 Å². The first-order valence-electron chi connectivity index (χ1n) is 45.7. The zero-order valence-corrected chi connectivity index (χ0v) is 90.7. The highest BCUT2D eigenvalue weighted by Crippen LogP contribution is 2.38. The lowest BCUT2D eigenvalue weighted by Crippen LogP contribution is -2.07. The van der Waals surface area contributed by atoms with Crippen molar-refractivity contribution in [3.63, 3.8) is 0 Å². The number of thiocarbonyl (C=S) groups is 3. The third-order valence-corrected chi connectivity index (χ3v) is 26.9. The largest absolute Gasteiger partial charge is 0.493 e. The summed E-state index contributed by atoms with van der Waals surface area (Å²) >= 11 is 29.5. The molecule has 12 aromatic carbocycles. The minimum absolute atomic E-state index is 0.0132. The van der Waals surface area contributed by atoms with Crippen molar-refractivity contribution in [1.82, 2.24) is 0 Å². The minimum atomic E-state index is -0.347. The zero-order valence-electron chi connectivity index (χ0n) is 84.1. The van der Waals surface area contributed by atoms with Gasteiger partial charge in [0.15, 0.2) is 30.5 Å². The van der Waals surface area contributed by atoms with Gasteiger partial charge in [-0.15, -0.1) is 0 Å². The molecule has 12 aromatic rings. The van der Waals surface area contributed by atoms with E-state index in [9.17, 15) is 18.8 Å². The number of ether oxygens (including phenoxy) is 10. The van der Waals surface area contributed by atoms with Crippen molar-refractivity contribution in [2.45, 2.75) is 259 Å². The Morgan fingerprint density at radius 3 is 0.942 bits per heavy atom. The van der Waals surface area contributed by atoms with Gasteiger partial charge in [-0.3, -0.25) is 14.4 Å². The molecule has 0 N–H and O–H groups in total. The quantitative estimate of drug-likeness (QED) is 0.0259. The summed E-state index contributed by atoms with van der Waals surface area (Å²) in [6.45, 7) is 54.8. The smallest absolute Gasteiger partial charge is 0.193 e. The van der Waals surface area contributed by atoms with Gasteiger partial charge in [0, 0.05) is 93.3 Å². The van der Waals surface area contributed by atoms with Crippen LogP contribution >= 0.6 is 96.2 Å². The van der Waals surface area contributed by atoms with Gasteiger partial charge in [-0.25, -0.2) is 4.39 Å². The molecule has 0 amide bonds. The first-order chi connectivity index (χ1) is 65.1. The first-order valence-corrected chi connectivity index (χ1v) is 50.3. The molecule has 0 radical (unpaired) electrons. The maximum absolute atomic E-state index is 14.1. The average molecular weight is 2000 g/mol. The molecule has 0 saturated heterocycles. The van der Waals surface area contributed by atoms with Gasteiger partial charge in [-0.2, -0.15) is 12.6 Å². The number of thioether (sulfide) groups is 3. The van der Waals surface area contributed by atoms with Crippen molar-refractivity contribution in [3.8, 4) is 57.5 Å². The Balaban J connectivity index is 0.000000224. The minimum Gasteiger partial charge on any atom is -0.493 e. The summed E-state index contributed by atoms with van der Waals surface area (Å²) < 4.78 is 72.8. The lowest BCUT2D eigenvalue weighted by atomic mass is 10.1.